The number of carbonyl (C=O) groups is 3. The highest BCUT2D eigenvalue weighted by Crippen LogP contribution is 2.26. The number of carboxylic acids is 1. The zero-order valence-corrected chi connectivity index (χ0v) is 12.4. The molecule has 0 aromatic carbocycles. The fourth-order valence-electron chi connectivity index (χ4n) is 3.17. The maximum Gasteiger partial charge on any atom is 0.328 e. The van der Waals surface area contributed by atoms with E-state index < -0.39 is 23.9 Å². The number of urea groups is 1. The van der Waals surface area contributed by atoms with Crippen molar-refractivity contribution in [1.82, 2.24) is 9.80 Å². The van der Waals surface area contributed by atoms with Crippen molar-refractivity contribution >= 4 is 18.0 Å². The molecule has 0 spiro atoms. The zero-order chi connectivity index (χ0) is 15.6. The average molecular weight is 298 g/mol. The Bertz CT molecular complexity index is 439. The summed E-state index contributed by atoms with van der Waals surface area (Å²) in [4.78, 5) is 38.6. The maximum atomic E-state index is 12.6. The highest BCUT2D eigenvalue weighted by Gasteiger charge is 2.41. The molecule has 2 aliphatic heterocycles. The highest BCUT2D eigenvalue weighted by molar-refractivity contribution is 5.84. The lowest BCUT2D eigenvalue weighted by Gasteiger charge is -2.36. The molecule has 0 bridgehead atoms. The summed E-state index contributed by atoms with van der Waals surface area (Å²) in [5, 5.41) is 9.15. The minimum atomic E-state index is -0.874. The van der Waals surface area contributed by atoms with Crippen molar-refractivity contribution in [2.75, 3.05) is 26.7 Å². The first kappa shape index (κ1) is 15.6. The van der Waals surface area contributed by atoms with Gasteiger partial charge in [-0.2, -0.15) is 0 Å². The first-order chi connectivity index (χ1) is 9.95. The summed E-state index contributed by atoms with van der Waals surface area (Å²) >= 11 is 0. The summed E-state index contributed by atoms with van der Waals surface area (Å²) in [6.45, 7) is 2.97. The fraction of sp³-hybridized carbons (Fsp3) is 0.786. The van der Waals surface area contributed by atoms with E-state index in [1.807, 2.05) is 6.92 Å². The van der Waals surface area contributed by atoms with Crippen molar-refractivity contribution in [3.63, 3.8) is 0 Å². The van der Waals surface area contributed by atoms with Crippen molar-refractivity contribution in [3.8, 4) is 0 Å². The first-order valence-electron chi connectivity index (χ1n) is 7.32. The van der Waals surface area contributed by atoms with E-state index in [0.717, 1.165) is 12.8 Å². The quantitative estimate of drug-likeness (QED) is 0.761. The smallest absolute Gasteiger partial charge is 0.328 e. The zero-order valence-electron chi connectivity index (χ0n) is 12.4. The van der Waals surface area contributed by atoms with Crippen LogP contribution in [0.4, 0.5) is 4.79 Å². The molecule has 2 saturated heterocycles. The van der Waals surface area contributed by atoms with Gasteiger partial charge in [0.2, 0.25) is 0 Å². The van der Waals surface area contributed by atoms with Gasteiger partial charge >= 0.3 is 18.0 Å². The number of nitrogens with zero attached hydrogens (tertiary/aromatic N) is 2. The molecule has 3 atom stereocenters. The topological polar surface area (TPSA) is 87.2 Å². The van der Waals surface area contributed by atoms with Crippen molar-refractivity contribution in [1.29, 1.82) is 0 Å². The van der Waals surface area contributed by atoms with Crippen LogP contribution in [0.3, 0.4) is 0 Å². The SMILES string of the molecule is COC(=O)C1CCCCN1C(=O)N1C[C@@H](C)[C@H](C(=O)O)C1. The second-order valence-corrected chi connectivity index (χ2v) is 5.84. The molecular formula is C14H22N2O5. The number of esters is 1. The van der Waals surface area contributed by atoms with E-state index in [2.05, 4.69) is 0 Å². The third kappa shape index (κ3) is 3.11. The summed E-state index contributed by atoms with van der Waals surface area (Å²) in [6.07, 6.45) is 2.34. The monoisotopic (exact) mass is 298 g/mol. The highest BCUT2D eigenvalue weighted by atomic mass is 16.5. The van der Waals surface area contributed by atoms with Gasteiger partial charge in [-0.05, 0) is 25.2 Å². The number of aliphatic carboxylic acids is 1. The Labute approximate surface area is 123 Å². The molecule has 0 radical (unpaired) electrons. The van der Waals surface area contributed by atoms with Crippen LogP contribution in [0.15, 0.2) is 0 Å². The van der Waals surface area contributed by atoms with E-state index >= 15 is 0 Å². The Hall–Kier alpha value is -1.79. The fourth-order valence-corrected chi connectivity index (χ4v) is 3.17. The van der Waals surface area contributed by atoms with E-state index in [9.17, 15) is 14.4 Å². The van der Waals surface area contributed by atoms with Gasteiger partial charge in [0.25, 0.3) is 0 Å². The number of piperidine rings is 1. The van der Waals surface area contributed by atoms with Crippen LogP contribution in [0.5, 0.6) is 0 Å². The lowest BCUT2D eigenvalue weighted by molar-refractivity contribution is -0.147. The molecule has 21 heavy (non-hydrogen) atoms. The maximum absolute atomic E-state index is 12.6. The van der Waals surface area contributed by atoms with Gasteiger partial charge < -0.3 is 19.6 Å². The van der Waals surface area contributed by atoms with Crippen LogP contribution in [0.1, 0.15) is 26.2 Å². The van der Waals surface area contributed by atoms with Crippen molar-refractivity contribution in [2.45, 2.75) is 32.2 Å². The van der Waals surface area contributed by atoms with Gasteiger partial charge in [-0.3, -0.25) is 4.79 Å². The molecule has 2 aliphatic rings. The van der Waals surface area contributed by atoms with Crippen LogP contribution < -0.4 is 0 Å². The summed E-state index contributed by atoms with van der Waals surface area (Å²) in [5.41, 5.74) is 0. The van der Waals surface area contributed by atoms with Gasteiger partial charge in [-0.25, -0.2) is 9.59 Å². The molecule has 118 valence electrons. The largest absolute Gasteiger partial charge is 0.481 e. The van der Waals surface area contributed by atoms with Gasteiger partial charge in [0.1, 0.15) is 6.04 Å². The molecule has 2 fully saturated rings. The van der Waals surface area contributed by atoms with Crippen molar-refractivity contribution < 1.29 is 24.2 Å². The number of rotatable bonds is 2. The van der Waals surface area contributed by atoms with Crippen LogP contribution in [0, 0.1) is 11.8 Å². The summed E-state index contributed by atoms with van der Waals surface area (Å²) < 4.78 is 4.77. The molecule has 2 amide bonds. The second-order valence-electron chi connectivity index (χ2n) is 5.84. The number of likely N-dealkylation sites (tertiary alicyclic amines) is 2. The van der Waals surface area contributed by atoms with E-state index in [0.29, 0.717) is 19.5 Å². The Morgan fingerprint density at radius 3 is 2.48 bits per heavy atom. The van der Waals surface area contributed by atoms with Crippen LogP contribution in [-0.2, 0) is 14.3 Å². The summed E-state index contributed by atoms with van der Waals surface area (Å²) in [7, 11) is 1.32. The van der Waals surface area contributed by atoms with Gasteiger partial charge in [0.05, 0.1) is 13.0 Å². The number of hydrogen-bond acceptors (Lipinski definition) is 4. The third-order valence-electron chi connectivity index (χ3n) is 4.42. The predicted octanol–water partition coefficient (Wildman–Crippen LogP) is 0.786. The molecule has 7 heteroatoms. The molecule has 2 rings (SSSR count). The minimum absolute atomic E-state index is 0.0761. The number of carboxylic acid groups (broad SMARTS) is 1. The van der Waals surface area contributed by atoms with Crippen LogP contribution in [-0.4, -0.2) is 65.7 Å². The van der Waals surface area contributed by atoms with Crippen molar-refractivity contribution in [2.24, 2.45) is 11.8 Å². The molecule has 0 saturated carbocycles. The van der Waals surface area contributed by atoms with Gasteiger partial charge in [0, 0.05) is 19.6 Å². The molecule has 7 nitrogen and oxygen atoms in total. The number of amides is 2. The molecule has 2 heterocycles. The van der Waals surface area contributed by atoms with E-state index in [1.54, 1.807) is 4.90 Å². The molecule has 0 aliphatic carbocycles. The standard InChI is InChI=1S/C14H22N2O5/c1-9-7-15(8-10(9)12(17)18)14(20)16-6-4-3-5-11(16)13(19)21-2/h9-11H,3-8H2,1-2H3,(H,17,18)/t9-,10-,11?/m1/s1. The van der Waals surface area contributed by atoms with Gasteiger partial charge in [-0.15, -0.1) is 0 Å². The first-order valence-corrected chi connectivity index (χ1v) is 7.32. The summed E-state index contributed by atoms with van der Waals surface area (Å²) in [6, 6.07) is -0.795. The van der Waals surface area contributed by atoms with Gasteiger partial charge in [-0.1, -0.05) is 6.92 Å². The Kier molecular flexibility index (Phi) is 4.69. The lowest BCUT2D eigenvalue weighted by Crippen LogP contribution is -2.53. The van der Waals surface area contributed by atoms with E-state index in [-0.39, 0.29) is 18.5 Å². The minimum Gasteiger partial charge on any atom is -0.481 e. The number of methoxy groups -OCH3 is 1. The van der Waals surface area contributed by atoms with Gasteiger partial charge in [0.15, 0.2) is 0 Å². The third-order valence-corrected chi connectivity index (χ3v) is 4.42. The number of ether oxygens (including phenoxy) is 1. The number of carbonyl (C=O) groups excluding carboxylic acids is 2. The Morgan fingerprint density at radius 2 is 1.90 bits per heavy atom. The molecular weight excluding hydrogens is 276 g/mol. The van der Waals surface area contributed by atoms with Crippen LogP contribution >= 0.6 is 0 Å². The molecule has 0 aromatic rings. The lowest BCUT2D eigenvalue weighted by atomic mass is 9.99. The van der Waals surface area contributed by atoms with E-state index in [4.69, 9.17) is 9.84 Å². The molecule has 1 N–H and O–H groups in total. The Morgan fingerprint density at radius 1 is 1.19 bits per heavy atom. The predicted molar refractivity (Wildman–Crippen MR) is 73.6 cm³/mol. The van der Waals surface area contributed by atoms with Crippen molar-refractivity contribution in [3.05, 3.63) is 0 Å². The molecule has 1 unspecified atom stereocenters. The van der Waals surface area contributed by atoms with E-state index in [1.165, 1.54) is 12.0 Å². The normalized spacial score (nSPS) is 29.3. The Balaban J connectivity index is 2.08. The van der Waals surface area contributed by atoms with Crippen LogP contribution in [0.2, 0.25) is 0 Å². The number of hydrogen-bond donors (Lipinski definition) is 1. The second kappa shape index (κ2) is 6.32. The summed E-state index contributed by atoms with van der Waals surface area (Å²) in [5.74, 6) is -1.88. The average Bonchev–Trinajstić information content (AvgIpc) is 2.88. The molecule has 0 aromatic heterocycles. The van der Waals surface area contributed by atoms with Crippen LogP contribution in [0.25, 0.3) is 0 Å².